The van der Waals surface area contributed by atoms with Gasteiger partial charge in [0, 0.05) is 22.4 Å². The van der Waals surface area contributed by atoms with Gasteiger partial charge in [0.25, 0.3) is 5.91 Å². The summed E-state index contributed by atoms with van der Waals surface area (Å²) in [6, 6.07) is 1.96. The first-order valence-electron chi connectivity index (χ1n) is 9.35. The average Bonchev–Trinajstić information content (AvgIpc) is 2.76. The molecule has 0 saturated heterocycles. The van der Waals surface area contributed by atoms with Gasteiger partial charge >= 0.3 is 12.4 Å². The molecular formula is C20H14BrF6N5O2. The number of ether oxygens (including phenoxy) is 1. The first-order chi connectivity index (χ1) is 15.8. The third kappa shape index (κ3) is 6.62. The van der Waals surface area contributed by atoms with Gasteiger partial charge in [-0.1, -0.05) is 15.9 Å². The van der Waals surface area contributed by atoms with Crippen molar-refractivity contribution >= 4 is 21.8 Å². The molecule has 0 radical (unpaired) electrons. The Balaban J connectivity index is 1.81. The summed E-state index contributed by atoms with van der Waals surface area (Å²) in [5.41, 5.74) is -0.934. The summed E-state index contributed by atoms with van der Waals surface area (Å²) in [5.74, 6) is -1.03. The third-order valence-electron chi connectivity index (χ3n) is 4.21. The van der Waals surface area contributed by atoms with E-state index in [1.54, 1.807) is 0 Å². The summed E-state index contributed by atoms with van der Waals surface area (Å²) in [7, 11) is 0. The lowest BCUT2D eigenvalue weighted by molar-refractivity contribution is -0.153. The number of amides is 1. The number of rotatable bonds is 6. The Hall–Kier alpha value is -3.29. The van der Waals surface area contributed by atoms with E-state index in [0.29, 0.717) is 6.07 Å². The van der Waals surface area contributed by atoms with Crippen LogP contribution in [0.1, 0.15) is 34.6 Å². The van der Waals surface area contributed by atoms with Crippen molar-refractivity contribution in [3.05, 3.63) is 64.3 Å². The second-order valence-electron chi connectivity index (χ2n) is 6.86. The Bertz CT molecular complexity index is 1170. The summed E-state index contributed by atoms with van der Waals surface area (Å²) in [6.07, 6.45) is -4.49. The maximum absolute atomic E-state index is 13.1. The summed E-state index contributed by atoms with van der Waals surface area (Å²) in [5, 5.41) is 2.54. The first kappa shape index (κ1) is 25.3. The second kappa shape index (κ2) is 9.91. The molecule has 1 N–H and O–H groups in total. The van der Waals surface area contributed by atoms with E-state index in [1.165, 1.54) is 25.4 Å². The molecule has 0 aliphatic heterocycles. The van der Waals surface area contributed by atoms with Crippen LogP contribution in [-0.4, -0.2) is 38.6 Å². The van der Waals surface area contributed by atoms with E-state index in [0.717, 1.165) is 18.5 Å². The van der Waals surface area contributed by atoms with Crippen LogP contribution in [0, 0.1) is 0 Å². The van der Waals surface area contributed by atoms with E-state index in [1.807, 2.05) is 0 Å². The van der Waals surface area contributed by atoms with Gasteiger partial charge in [-0.15, -0.1) is 0 Å². The van der Waals surface area contributed by atoms with Crippen LogP contribution in [0.25, 0.3) is 11.5 Å². The lowest BCUT2D eigenvalue weighted by atomic mass is 10.1. The minimum atomic E-state index is -4.64. The lowest BCUT2D eigenvalue weighted by Gasteiger charge is -2.17. The predicted octanol–water partition coefficient (Wildman–Crippen LogP) is 5.15. The van der Waals surface area contributed by atoms with Crippen molar-refractivity contribution in [3.8, 4) is 17.3 Å². The van der Waals surface area contributed by atoms with Gasteiger partial charge in [0.2, 0.25) is 0 Å². The van der Waals surface area contributed by atoms with Crippen molar-refractivity contribution < 1.29 is 35.9 Å². The van der Waals surface area contributed by atoms with Crippen LogP contribution in [0.15, 0.2) is 47.5 Å². The molecule has 0 aliphatic rings. The summed E-state index contributed by atoms with van der Waals surface area (Å²) >= 11 is 2.96. The number of hydrogen-bond donors (Lipinski definition) is 1. The number of halogens is 7. The molecule has 1 amide bonds. The highest BCUT2D eigenvalue weighted by molar-refractivity contribution is 9.10. The van der Waals surface area contributed by atoms with E-state index in [-0.39, 0.29) is 33.0 Å². The van der Waals surface area contributed by atoms with E-state index < -0.39 is 36.5 Å². The average molecular weight is 550 g/mol. The van der Waals surface area contributed by atoms with Crippen molar-refractivity contribution in [2.45, 2.75) is 25.3 Å². The molecule has 14 heteroatoms. The molecule has 3 aromatic rings. The molecule has 0 spiro atoms. The maximum Gasteiger partial charge on any atom is 0.422 e. The Kier molecular flexibility index (Phi) is 7.38. The predicted molar refractivity (Wildman–Crippen MR) is 110 cm³/mol. The molecule has 1 atom stereocenters. The Morgan fingerprint density at radius 2 is 1.68 bits per heavy atom. The van der Waals surface area contributed by atoms with E-state index in [9.17, 15) is 31.1 Å². The van der Waals surface area contributed by atoms with Crippen LogP contribution >= 0.6 is 15.9 Å². The number of carbonyl (C=O) groups is 1. The number of hydrogen-bond acceptors (Lipinski definition) is 6. The number of benzene rings is 1. The molecule has 180 valence electrons. The highest BCUT2D eigenvalue weighted by Gasteiger charge is 2.32. The van der Waals surface area contributed by atoms with Crippen LogP contribution in [0.4, 0.5) is 26.3 Å². The molecule has 1 unspecified atom stereocenters. The first-order valence-corrected chi connectivity index (χ1v) is 10.1. The van der Waals surface area contributed by atoms with Gasteiger partial charge in [-0.05, 0) is 25.1 Å². The minimum Gasteiger partial charge on any atom is -0.481 e. The molecule has 34 heavy (non-hydrogen) atoms. The van der Waals surface area contributed by atoms with Crippen molar-refractivity contribution in [1.82, 2.24) is 25.3 Å². The number of aromatic nitrogens is 4. The van der Waals surface area contributed by atoms with Gasteiger partial charge in [-0.2, -0.15) is 26.3 Å². The standard InChI is InChI=1S/C20H14BrF6N5O2/c1-10(32-18(33)11-4-12(20(25,26)27)6-13(21)5-11)15-16(29-3-2-28-15)17-30-7-14(8-31-17)34-9-19(22,23)24/h2-8,10H,9H2,1H3,(H,32,33). The van der Waals surface area contributed by atoms with Crippen molar-refractivity contribution in [2.24, 2.45) is 0 Å². The molecule has 0 bridgehead atoms. The van der Waals surface area contributed by atoms with Crippen LogP contribution in [0.2, 0.25) is 0 Å². The number of nitrogens with zero attached hydrogens (tertiary/aromatic N) is 4. The molecule has 2 heterocycles. The molecule has 0 aliphatic carbocycles. The van der Waals surface area contributed by atoms with Gasteiger partial charge in [0.05, 0.1) is 29.7 Å². The number of alkyl halides is 6. The smallest absolute Gasteiger partial charge is 0.422 e. The number of nitrogens with one attached hydrogen (secondary N) is 1. The zero-order valence-electron chi connectivity index (χ0n) is 17.1. The van der Waals surface area contributed by atoms with Gasteiger partial charge in [-0.3, -0.25) is 9.78 Å². The fraction of sp³-hybridized carbons (Fsp3) is 0.250. The van der Waals surface area contributed by atoms with E-state index in [4.69, 9.17) is 0 Å². The van der Waals surface area contributed by atoms with Crippen molar-refractivity contribution in [3.63, 3.8) is 0 Å². The van der Waals surface area contributed by atoms with Crippen molar-refractivity contribution in [1.29, 1.82) is 0 Å². The molecule has 0 saturated carbocycles. The highest BCUT2D eigenvalue weighted by atomic mass is 79.9. The maximum atomic E-state index is 13.1. The Morgan fingerprint density at radius 3 is 2.29 bits per heavy atom. The fourth-order valence-electron chi connectivity index (χ4n) is 2.75. The Labute approximate surface area is 196 Å². The molecule has 0 fully saturated rings. The van der Waals surface area contributed by atoms with E-state index >= 15 is 0 Å². The van der Waals surface area contributed by atoms with Crippen LogP contribution in [0.5, 0.6) is 5.75 Å². The van der Waals surface area contributed by atoms with Gasteiger partial charge in [-0.25, -0.2) is 15.0 Å². The molecule has 7 nitrogen and oxygen atoms in total. The summed E-state index contributed by atoms with van der Waals surface area (Å²) in [6.45, 7) is 0.00962. The van der Waals surface area contributed by atoms with Crippen LogP contribution < -0.4 is 10.1 Å². The monoisotopic (exact) mass is 549 g/mol. The third-order valence-corrected chi connectivity index (χ3v) is 4.67. The minimum absolute atomic E-state index is 0.00892. The van der Waals surface area contributed by atoms with Crippen LogP contribution in [-0.2, 0) is 6.18 Å². The Morgan fingerprint density at radius 1 is 1.03 bits per heavy atom. The molecule has 2 aromatic heterocycles. The largest absolute Gasteiger partial charge is 0.481 e. The van der Waals surface area contributed by atoms with Gasteiger partial charge < -0.3 is 10.1 Å². The van der Waals surface area contributed by atoms with E-state index in [2.05, 4.69) is 45.9 Å². The second-order valence-corrected chi connectivity index (χ2v) is 7.77. The topological polar surface area (TPSA) is 89.9 Å². The molecule has 3 rings (SSSR count). The number of carbonyl (C=O) groups excluding carboxylic acids is 1. The normalized spacial score (nSPS) is 12.8. The summed E-state index contributed by atoms with van der Waals surface area (Å²) < 4.78 is 80.7. The fourth-order valence-corrected chi connectivity index (χ4v) is 3.24. The summed E-state index contributed by atoms with van der Waals surface area (Å²) in [4.78, 5) is 28.7. The zero-order chi connectivity index (χ0) is 25.1. The quantitative estimate of drug-likeness (QED) is 0.428. The van der Waals surface area contributed by atoms with Crippen molar-refractivity contribution in [2.75, 3.05) is 6.61 Å². The van der Waals surface area contributed by atoms with Crippen LogP contribution in [0.3, 0.4) is 0 Å². The lowest BCUT2D eigenvalue weighted by Crippen LogP contribution is -2.28. The zero-order valence-corrected chi connectivity index (χ0v) is 18.7. The molecule has 1 aromatic carbocycles. The SMILES string of the molecule is CC(NC(=O)c1cc(Br)cc(C(F)(F)F)c1)c1nccnc1-c1ncc(OCC(F)(F)F)cn1. The highest BCUT2D eigenvalue weighted by Crippen LogP contribution is 2.32. The molecular weight excluding hydrogens is 536 g/mol. The van der Waals surface area contributed by atoms with Gasteiger partial charge in [0.15, 0.2) is 18.2 Å². The van der Waals surface area contributed by atoms with Gasteiger partial charge in [0.1, 0.15) is 5.69 Å².